The summed E-state index contributed by atoms with van der Waals surface area (Å²) in [6, 6.07) is 14.0. The monoisotopic (exact) mass is 185 g/mol. The van der Waals surface area contributed by atoms with Gasteiger partial charge in [-0.25, -0.2) is 0 Å². The second-order valence-electron chi connectivity index (χ2n) is 3.21. The third kappa shape index (κ3) is 1.35. The molecule has 0 aromatic heterocycles. The Kier molecular flexibility index (Phi) is 2.19. The highest BCUT2D eigenvalue weighted by Gasteiger charge is 2.02. The molecule has 2 rings (SSSR count). The van der Waals surface area contributed by atoms with Crippen LogP contribution in [-0.4, -0.2) is 10.9 Å². The molecule has 0 bridgehead atoms. The number of fused-ring (bicyclic) bond motifs is 1. The molecule has 0 aliphatic heterocycles. The second kappa shape index (κ2) is 3.50. The van der Waals surface area contributed by atoms with Gasteiger partial charge < -0.3 is 5.21 Å². The van der Waals surface area contributed by atoms with Crippen LogP contribution < -0.4 is 0 Å². The van der Waals surface area contributed by atoms with Crippen LogP contribution in [0.15, 0.2) is 47.6 Å². The molecule has 1 N–H and O–H groups in total. The Morgan fingerprint density at radius 3 is 2.57 bits per heavy atom. The van der Waals surface area contributed by atoms with Crippen molar-refractivity contribution in [3.8, 4) is 0 Å². The maximum Gasteiger partial charge on any atom is 0.0843 e. The van der Waals surface area contributed by atoms with Crippen molar-refractivity contribution in [2.24, 2.45) is 5.16 Å². The van der Waals surface area contributed by atoms with E-state index in [9.17, 15) is 0 Å². The molecule has 2 nitrogen and oxygen atoms in total. The molecule has 0 aliphatic carbocycles. The van der Waals surface area contributed by atoms with Gasteiger partial charge in [0.15, 0.2) is 0 Å². The zero-order valence-corrected chi connectivity index (χ0v) is 7.94. The summed E-state index contributed by atoms with van der Waals surface area (Å²) in [5, 5.41) is 14.2. The first-order chi connectivity index (χ1) is 6.83. The van der Waals surface area contributed by atoms with Gasteiger partial charge in [0.25, 0.3) is 0 Å². The summed E-state index contributed by atoms with van der Waals surface area (Å²) in [4.78, 5) is 0. The number of rotatable bonds is 1. The highest BCUT2D eigenvalue weighted by molar-refractivity contribution is 6.09. The van der Waals surface area contributed by atoms with Crippen LogP contribution in [0.3, 0.4) is 0 Å². The molecule has 2 heteroatoms. The number of hydrogen-bond acceptors (Lipinski definition) is 2. The normalized spacial score (nSPS) is 11.9. The Morgan fingerprint density at radius 1 is 1.07 bits per heavy atom. The topological polar surface area (TPSA) is 32.6 Å². The van der Waals surface area contributed by atoms with E-state index in [-0.39, 0.29) is 0 Å². The van der Waals surface area contributed by atoms with Gasteiger partial charge >= 0.3 is 0 Å². The molecule has 0 amide bonds. The molecule has 0 saturated heterocycles. The van der Waals surface area contributed by atoms with Gasteiger partial charge in [-0.15, -0.1) is 0 Å². The molecule has 70 valence electrons. The third-order valence-electron chi connectivity index (χ3n) is 2.33. The fourth-order valence-corrected chi connectivity index (χ4v) is 1.59. The molecule has 0 aliphatic rings. The lowest BCUT2D eigenvalue weighted by molar-refractivity contribution is 0.319. The molecule has 0 heterocycles. The molecule has 0 atom stereocenters. The quantitative estimate of drug-likeness (QED) is 0.413. The molecule has 14 heavy (non-hydrogen) atoms. The molecule has 0 unspecified atom stereocenters. The van der Waals surface area contributed by atoms with Crippen molar-refractivity contribution in [3.05, 3.63) is 48.0 Å². The molecule has 0 saturated carbocycles. The van der Waals surface area contributed by atoms with E-state index in [1.165, 1.54) is 0 Å². The van der Waals surface area contributed by atoms with Gasteiger partial charge in [-0.2, -0.15) is 0 Å². The summed E-state index contributed by atoms with van der Waals surface area (Å²) in [5.41, 5.74) is 1.62. The predicted molar refractivity (Wildman–Crippen MR) is 57.9 cm³/mol. The second-order valence-corrected chi connectivity index (χ2v) is 3.21. The van der Waals surface area contributed by atoms with Crippen molar-refractivity contribution in [1.82, 2.24) is 0 Å². The average Bonchev–Trinajstić information content (AvgIpc) is 2.27. The average molecular weight is 185 g/mol. The Bertz CT molecular complexity index is 483. The van der Waals surface area contributed by atoms with E-state index in [0.29, 0.717) is 5.71 Å². The first-order valence-corrected chi connectivity index (χ1v) is 4.49. The van der Waals surface area contributed by atoms with Crippen molar-refractivity contribution >= 4 is 16.5 Å². The van der Waals surface area contributed by atoms with Crippen LogP contribution in [0.2, 0.25) is 0 Å². The van der Waals surface area contributed by atoms with E-state index in [4.69, 9.17) is 5.21 Å². The van der Waals surface area contributed by atoms with Crippen molar-refractivity contribution in [3.63, 3.8) is 0 Å². The van der Waals surface area contributed by atoms with Crippen LogP contribution in [-0.2, 0) is 0 Å². The van der Waals surface area contributed by atoms with Crippen molar-refractivity contribution in [1.29, 1.82) is 0 Å². The lowest BCUT2D eigenvalue weighted by atomic mass is 10.0. The number of benzene rings is 2. The lowest BCUT2D eigenvalue weighted by Crippen LogP contribution is -1.95. The summed E-state index contributed by atoms with van der Waals surface area (Å²) >= 11 is 0. The summed E-state index contributed by atoms with van der Waals surface area (Å²) in [6.07, 6.45) is 0. The minimum atomic E-state index is 0.641. The first kappa shape index (κ1) is 8.75. The summed E-state index contributed by atoms with van der Waals surface area (Å²) < 4.78 is 0. The third-order valence-corrected chi connectivity index (χ3v) is 2.33. The number of oxime groups is 1. The van der Waals surface area contributed by atoms with Gasteiger partial charge in [0.2, 0.25) is 0 Å². The molecule has 0 radical (unpaired) electrons. The van der Waals surface area contributed by atoms with Crippen LogP contribution >= 0.6 is 0 Å². The highest BCUT2D eigenvalue weighted by atomic mass is 16.4. The van der Waals surface area contributed by atoms with Crippen molar-refractivity contribution < 1.29 is 5.21 Å². The van der Waals surface area contributed by atoms with Crippen molar-refractivity contribution in [2.45, 2.75) is 6.92 Å². The number of hydrogen-bond donors (Lipinski definition) is 1. The van der Waals surface area contributed by atoms with Crippen molar-refractivity contribution in [2.75, 3.05) is 0 Å². The summed E-state index contributed by atoms with van der Waals surface area (Å²) in [6.45, 7) is 1.79. The van der Waals surface area contributed by atoms with Crippen LogP contribution in [0, 0.1) is 0 Å². The van der Waals surface area contributed by atoms with Crippen LogP contribution in [0.25, 0.3) is 10.8 Å². The zero-order valence-electron chi connectivity index (χ0n) is 7.94. The fraction of sp³-hybridized carbons (Fsp3) is 0.0833. The summed E-state index contributed by atoms with van der Waals surface area (Å²) in [5.74, 6) is 0. The van der Waals surface area contributed by atoms with Gasteiger partial charge in [0.1, 0.15) is 0 Å². The highest BCUT2D eigenvalue weighted by Crippen LogP contribution is 2.18. The first-order valence-electron chi connectivity index (χ1n) is 4.49. The standard InChI is InChI=1S/C12H11NO/c1-9(13-14)11-8-4-6-10-5-2-3-7-12(10)11/h2-8,14H,1H3/b13-9+. The Hall–Kier alpha value is -1.83. The van der Waals surface area contributed by atoms with Crippen LogP contribution in [0.5, 0.6) is 0 Å². The Balaban J connectivity index is 2.77. The smallest absolute Gasteiger partial charge is 0.0843 e. The zero-order chi connectivity index (χ0) is 9.97. The Labute approximate surface area is 82.5 Å². The molecule has 0 fully saturated rings. The van der Waals surface area contributed by atoms with E-state index in [1.807, 2.05) is 42.5 Å². The minimum absolute atomic E-state index is 0.641. The Morgan fingerprint density at radius 2 is 1.79 bits per heavy atom. The van der Waals surface area contributed by atoms with E-state index in [0.717, 1.165) is 16.3 Å². The largest absolute Gasteiger partial charge is 0.411 e. The molecular weight excluding hydrogens is 174 g/mol. The van der Waals surface area contributed by atoms with Crippen LogP contribution in [0.4, 0.5) is 0 Å². The van der Waals surface area contributed by atoms with Gasteiger partial charge in [-0.05, 0) is 17.7 Å². The van der Waals surface area contributed by atoms with E-state index < -0.39 is 0 Å². The lowest BCUT2D eigenvalue weighted by Gasteiger charge is -2.03. The van der Waals surface area contributed by atoms with Gasteiger partial charge in [-0.1, -0.05) is 47.6 Å². The maximum absolute atomic E-state index is 8.74. The van der Waals surface area contributed by atoms with Crippen LogP contribution in [0.1, 0.15) is 12.5 Å². The summed E-state index contributed by atoms with van der Waals surface area (Å²) in [7, 11) is 0. The fourth-order valence-electron chi connectivity index (χ4n) is 1.59. The molecule has 2 aromatic rings. The molecule has 0 spiro atoms. The SMILES string of the molecule is C/C(=N\O)c1cccc2ccccc12. The molecular formula is C12H11NO. The van der Waals surface area contributed by atoms with Gasteiger partial charge in [-0.3, -0.25) is 0 Å². The molecule has 2 aromatic carbocycles. The maximum atomic E-state index is 8.74. The van der Waals surface area contributed by atoms with E-state index in [2.05, 4.69) is 5.16 Å². The predicted octanol–water partition coefficient (Wildman–Crippen LogP) is 3.04. The minimum Gasteiger partial charge on any atom is -0.411 e. The van der Waals surface area contributed by atoms with E-state index in [1.54, 1.807) is 6.92 Å². The van der Waals surface area contributed by atoms with Gasteiger partial charge in [0, 0.05) is 5.56 Å². The van der Waals surface area contributed by atoms with E-state index >= 15 is 0 Å². The number of nitrogens with zero attached hydrogens (tertiary/aromatic N) is 1. The van der Waals surface area contributed by atoms with Gasteiger partial charge in [0.05, 0.1) is 5.71 Å².